The van der Waals surface area contributed by atoms with Crippen molar-refractivity contribution >= 4 is 37.3 Å². The van der Waals surface area contributed by atoms with Crippen LogP contribution in [0.25, 0.3) is 10.2 Å². The minimum absolute atomic E-state index is 0.0795. The van der Waals surface area contributed by atoms with E-state index in [2.05, 4.69) is 4.72 Å². The standard InChI is InChI=1S/C17H18N2O3S2/c1-4-19-15-8-7-14(10-16(15)23-17(19)20)24(21,22)18-13-6-5-11(2)12(3)9-13/h5-10,18H,4H2,1-3H3. The van der Waals surface area contributed by atoms with E-state index >= 15 is 0 Å². The lowest BCUT2D eigenvalue weighted by molar-refractivity contribution is 0.601. The average molecular weight is 362 g/mol. The maximum absolute atomic E-state index is 12.6. The molecule has 0 unspecified atom stereocenters. The third kappa shape index (κ3) is 2.97. The van der Waals surface area contributed by atoms with Crippen LogP contribution in [0, 0.1) is 13.8 Å². The second-order valence-corrected chi connectivity index (χ2v) is 8.32. The van der Waals surface area contributed by atoms with Crippen molar-refractivity contribution in [3.05, 3.63) is 57.2 Å². The third-order valence-electron chi connectivity index (χ3n) is 4.03. The first-order valence-corrected chi connectivity index (χ1v) is 9.85. The Labute approximate surface area is 144 Å². The summed E-state index contributed by atoms with van der Waals surface area (Å²) in [7, 11) is -3.70. The summed E-state index contributed by atoms with van der Waals surface area (Å²) in [5, 5.41) is 0. The quantitative estimate of drug-likeness (QED) is 0.772. The van der Waals surface area contributed by atoms with Crippen molar-refractivity contribution < 1.29 is 8.42 Å². The Kier molecular flexibility index (Phi) is 4.23. The Morgan fingerprint density at radius 1 is 1.08 bits per heavy atom. The highest BCUT2D eigenvalue weighted by Crippen LogP contribution is 2.24. The van der Waals surface area contributed by atoms with Crippen molar-refractivity contribution in [2.45, 2.75) is 32.2 Å². The number of nitrogens with zero attached hydrogens (tertiary/aromatic N) is 1. The van der Waals surface area contributed by atoms with E-state index in [9.17, 15) is 13.2 Å². The zero-order chi connectivity index (χ0) is 17.5. The van der Waals surface area contributed by atoms with Crippen LogP contribution in [0.2, 0.25) is 0 Å². The molecule has 0 spiro atoms. The highest BCUT2D eigenvalue weighted by Gasteiger charge is 2.17. The lowest BCUT2D eigenvalue weighted by Crippen LogP contribution is -2.13. The molecule has 1 heterocycles. The Hall–Kier alpha value is -2.12. The summed E-state index contributed by atoms with van der Waals surface area (Å²) < 4.78 is 30.1. The van der Waals surface area contributed by atoms with Crippen molar-refractivity contribution in [3.63, 3.8) is 0 Å². The predicted molar refractivity (Wildman–Crippen MR) is 98.5 cm³/mol. The van der Waals surface area contributed by atoms with Crippen LogP contribution in [0.5, 0.6) is 0 Å². The first-order chi connectivity index (χ1) is 11.3. The molecule has 0 aliphatic carbocycles. The third-order valence-corrected chi connectivity index (χ3v) is 6.35. The topological polar surface area (TPSA) is 68.2 Å². The van der Waals surface area contributed by atoms with Crippen LogP contribution in [0.3, 0.4) is 0 Å². The molecular formula is C17H18N2O3S2. The van der Waals surface area contributed by atoms with Crippen LogP contribution in [0.4, 0.5) is 5.69 Å². The fraction of sp³-hybridized carbons (Fsp3) is 0.235. The molecule has 0 saturated carbocycles. The molecule has 5 nitrogen and oxygen atoms in total. The highest BCUT2D eigenvalue weighted by atomic mass is 32.2. The van der Waals surface area contributed by atoms with E-state index in [0.717, 1.165) is 28.0 Å². The van der Waals surface area contributed by atoms with Gasteiger partial charge in [0.05, 0.1) is 15.1 Å². The maximum atomic E-state index is 12.6. The largest absolute Gasteiger partial charge is 0.308 e. The summed E-state index contributed by atoms with van der Waals surface area (Å²) in [5.41, 5.74) is 3.41. The van der Waals surface area contributed by atoms with E-state index in [-0.39, 0.29) is 9.77 Å². The number of fused-ring (bicyclic) bond motifs is 1. The second-order valence-electron chi connectivity index (χ2n) is 5.65. The first kappa shape index (κ1) is 16.7. The Morgan fingerprint density at radius 3 is 2.50 bits per heavy atom. The highest BCUT2D eigenvalue weighted by molar-refractivity contribution is 7.92. The van der Waals surface area contributed by atoms with Gasteiger partial charge in [0.2, 0.25) is 0 Å². The lowest BCUT2D eigenvalue weighted by atomic mass is 10.1. The molecular weight excluding hydrogens is 344 g/mol. The molecule has 126 valence electrons. The van der Waals surface area contributed by atoms with Gasteiger partial charge in [-0.15, -0.1) is 0 Å². The van der Waals surface area contributed by atoms with Crippen LogP contribution in [0.1, 0.15) is 18.1 Å². The SMILES string of the molecule is CCn1c(=O)sc2cc(S(=O)(=O)Nc3ccc(C)c(C)c3)ccc21. The van der Waals surface area contributed by atoms with Crippen molar-refractivity contribution in [3.8, 4) is 0 Å². The van der Waals surface area contributed by atoms with Crippen LogP contribution < -0.4 is 9.60 Å². The van der Waals surface area contributed by atoms with Crippen LogP contribution >= 0.6 is 11.3 Å². The molecule has 0 aliphatic heterocycles. The molecule has 0 fully saturated rings. The van der Waals surface area contributed by atoms with E-state index in [1.807, 2.05) is 26.8 Å². The van der Waals surface area contributed by atoms with Gasteiger partial charge >= 0.3 is 4.87 Å². The van der Waals surface area contributed by atoms with Gasteiger partial charge in [0.1, 0.15) is 0 Å². The fourth-order valence-electron chi connectivity index (χ4n) is 2.53. The Bertz CT molecular complexity index is 1080. The van der Waals surface area contributed by atoms with Gasteiger partial charge in [-0.1, -0.05) is 17.4 Å². The molecule has 0 radical (unpaired) electrons. The molecule has 3 rings (SSSR count). The van der Waals surface area contributed by atoms with E-state index in [0.29, 0.717) is 16.9 Å². The summed E-state index contributed by atoms with van der Waals surface area (Å²) in [6.07, 6.45) is 0. The number of aryl methyl sites for hydroxylation is 3. The van der Waals surface area contributed by atoms with E-state index in [4.69, 9.17) is 0 Å². The van der Waals surface area contributed by atoms with Gasteiger partial charge < -0.3 is 0 Å². The monoisotopic (exact) mass is 362 g/mol. The number of thiazole rings is 1. The molecule has 7 heteroatoms. The summed E-state index contributed by atoms with van der Waals surface area (Å²) in [4.78, 5) is 12.0. The zero-order valence-corrected chi connectivity index (χ0v) is 15.3. The van der Waals surface area contributed by atoms with Crippen molar-refractivity contribution in [2.75, 3.05) is 4.72 Å². The first-order valence-electron chi connectivity index (χ1n) is 7.55. The van der Waals surface area contributed by atoms with Gasteiger partial charge in [0.25, 0.3) is 10.0 Å². The number of nitrogens with one attached hydrogen (secondary N) is 1. The molecule has 0 aliphatic rings. The number of anilines is 1. The van der Waals surface area contributed by atoms with E-state index in [1.165, 1.54) is 6.07 Å². The summed E-state index contributed by atoms with van der Waals surface area (Å²) in [5.74, 6) is 0. The van der Waals surface area contributed by atoms with Crippen LogP contribution in [0.15, 0.2) is 46.1 Å². The number of hydrogen-bond donors (Lipinski definition) is 1. The number of sulfonamides is 1. The molecule has 24 heavy (non-hydrogen) atoms. The average Bonchev–Trinajstić information content (AvgIpc) is 2.84. The number of benzene rings is 2. The molecule has 0 atom stereocenters. The fourth-order valence-corrected chi connectivity index (χ4v) is 4.68. The van der Waals surface area contributed by atoms with Crippen LogP contribution in [-0.2, 0) is 16.6 Å². The number of aromatic nitrogens is 1. The Balaban J connectivity index is 2.01. The maximum Gasteiger partial charge on any atom is 0.308 e. The normalized spacial score (nSPS) is 11.8. The van der Waals surface area contributed by atoms with Gasteiger partial charge in [0, 0.05) is 12.2 Å². The predicted octanol–water partition coefficient (Wildman–Crippen LogP) is 3.50. The summed E-state index contributed by atoms with van der Waals surface area (Å²) in [6, 6.07) is 10.2. The molecule has 0 amide bonds. The number of rotatable bonds is 4. The minimum atomic E-state index is -3.70. The van der Waals surface area contributed by atoms with Gasteiger partial charge in [-0.25, -0.2) is 8.42 Å². The second kappa shape index (κ2) is 6.07. The Morgan fingerprint density at radius 2 is 1.83 bits per heavy atom. The minimum Gasteiger partial charge on any atom is -0.299 e. The molecule has 0 bridgehead atoms. The van der Waals surface area contributed by atoms with Crippen molar-refractivity contribution in [2.24, 2.45) is 0 Å². The number of hydrogen-bond acceptors (Lipinski definition) is 4. The smallest absolute Gasteiger partial charge is 0.299 e. The summed E-state index contributed by atoms with van der Waals surface area (Å²) in [6.45, 7) is 6.36. The molecule has 0 saturated heterocycles. The lowest BCUT2D eigenvalue weighted by Gasteiger charge is -2.10. The molecule has 3 aromatic rings. The van der Waals surface area contributed by atoms with E-state index < -0.39 is 10.0 Å². The van der Waals surface area contributed by atoms with Gasteiger partial charge in [-0.3, -0.25) is 14.1 Å². The van der Waals surface area contributed by atoms with Gasteiger partial charge in [-0.2, -0.15) is 0 Å². The van der Waals surface area contributed by atoms with Gasteiger partial charge in [0.15, 0.2) is 0 Å². The van der Waals surface area contributed by atoms with Crippen molar-refractivity contribution in [1.82, 2.24) is 4.57 Å². The molecule has 2 aromatic carbocycles. The van der Waals surface area contributed by atoms with Gasteiger partial charge in [-0.05, 0) is 62.2 Å². The molecule has 1 N–H and O–H groups in total. The van der Waals surface area contributed by atoms with E-state index in [1.54, 1.807) is 28.8 Å². The van der Waals surface area contributed by atoms with Crippen molar-refractivity contribution in [1.29, 1.82) is 0 Å². The zero-order valence-electron chi connectivity index (χ0n) is 13.7. The van der Waals surface area contributed by atoms with Crippen LogP contribution in [-0.4, -0.2) is 13.0 Å². The molecule has 1 aromatic heterocycles. The summed E-state index contributed by atoms with van der Waals surface area (Å²) >= 11 is 1.06.